The number of imidazole rings is 1. The fourth-order valence-corrected chi connectivity index (χ4v) is 3.41. The number of nitrogens with one attached hydrogen (secondary N) is 1. The Labute approximate surface area is 168 Å². The molecule has 1 amide bonds. The minimum Gasteiger partial charge on any atom is -0.325 e. The summed E-state index contributed by atoms with van der Waals surface area (Å²) < 4.78 is 1.98. The molecule has 0 bridgehead atoms. The number of halogens is 1. The van der Waals surface area contributed by atoms with Crippen LogP contribution in [0.1, 0.15) is 17.0 Å². The monoisotopic (exact) mass is 389 g/mol. The summed E-state index contributed by atoms with van der Waals surface area (Å²) in [5.41, 5.74) is 4.84. The SMILES string of the molecule is Cc1cccc(NC(=O)Cn2c(Cc3ccc(Cl)cc3)nc3ccccc32)c1. The highest BCUT2D eigenvalue weighted by Gasteiger charge is 2.14. The van der Waals surface area contributed by atoms with Crippen LogP contribution in [0.2, 0.25) is 5.02 Å². The van der Waals surface area contributed by atoms with Crippen LogP contribution < -0.4 is 5.32 Å². The molecule has 4 aromatic rings. The molecule has 1 N–H and O–H groups in total. The fraction of sp³-hybridized carbons (Fsp3) is 0.130. The van der Waals surface area contributed by atoms with Gasteiger partial charge in [-0.05, 0) is 54.4 Å². The molecule has 4 rings (SSSR count). The second-order valence-electron chi connectivity index (χ2n) is 6.82. The lowest BCUT2D eigenvalue weighted by Crippen LogP contribution is -2.20. The minimum atomic E-state index is -0.0777. The maximum atomic E-state index is 12.7. The number of aryl methyl sites for hydroxylation is 1. The second kappa shape index (κ2) is 7.87. The van der Waals surface area contributed by atoms with Crippen LogP contribution in [0.3, 0.4) is 0 Å². The van der Waals surface area contributed by atoms with E-state index < -0.39 is 0 Å². The lowest BCUT2D eigenvalue weighted by Gasteiger charge is -2.11. The molecule has 3 aromatic carbocycles. The van der Waals surface area contributed by atoms with Crippen molar-refractivity contribution in [1.82, 2.24) is 9.55 Å². The Hall–Kier alpha value is -3.11. The van der Waals surface area contributed by atoms with Crippen LogP contribution in [0, 0.1) is 6.92 Å². The van der Waals surface area contributed by atoms with Gasteiger partial charge in [0.2, 0.25) is 5.91 Å². The van der Waals surface area contributed by atoms with E-state index in [0.29, 0.717) is 11.4 Å². The minimum absolute atomic E-state index is 0.0777. The first-order valence-corrected chi connectivity index (χ1v) is 9.51. The third-order valence-corrected chi connectivity index (χ3v) is 4.86. The van der Waals surface area contributed by atoms with Crippen molar-refractivity contribution in [2.24, 2.45) is 0 Å². The molecule has 0 spiro atoms. The number of rotatable bonds is 5. The van der Waals surface area contributed by atoms with Crippen LogP contribution in [-0.4, -0.2) is 15.5 Å². The highest BCUT2D eigenvalue weighted by molar-refractivity contribution is 6.30. The van der Waals surface area contributed by atoms with Crippen molar-refractivity contribution < 1.29 is 4.79 Å². The molecule has 0 saturated carbocycles. The van der Waals surface area contributed by atoms with E-state index in [1.807, 2.05) is 84.3 Å². The number of nitrogens with zero attached hydrogens (tertiary/aromatic N) is 2. The largest absolute Gasteiger partial charge is 0.325 e. The number of carbonyl (C=O) groups excluding carboxylic acids is 1. The third kappa shape index (κ3) is 4.07. The Balaban J connectivity index is 1.62. The van der Waals surface area contributed by atoms with E-state index in [1.165, 1.54) is 0 Å². The van der Waals surface area contributed by atoms with Gasteiger partial charge in [-0.25, -0.2) is 4.98 Å². The van der Waals surface area contributed by atoms with E-state index in [-0.39, 0.29) is 12.5 Å². The number of fused-ring (bicyclic) bond motifs is 1. The first kappa shape index (κ1) is 18.3. The second-order valence-corrected chi connectivity index (χ2v) is 7.26. The molecule has 0 aliphatic rings. The zero-order valence-corrected chi connectivity index (χ0v) is 16.3. The van der Waals surface area contributed by atoms with Crippen molar-refractivity contribution in [1.29, 1.82) is 0 Å². The zero-order chi connectivity index (χ0) is 19.5. The highest BCUT2D eigenvalue weighted by atomic mass is 35.5. The number of carbonyl (C=O) groups is 1. The number of benzene rings is 3. The molecule has 0 aliphatic heterocycles. The van der Waals surface area contributed by atoms with Gasteiger partial charge >= 0.3 is 0 Å². The van der Waals surface area contributed by atoms with Gasteiger partial charge in [-0.15, -0.1) is 0 Å². The third-order valence-electron chi connectivity index (χ3n) is 4.61. The molecular formula is C23H20ClN3O. The number of para-hydroxylation sites is 2. The summed E-state index contributed by atoms with van der Waals surface area (Å²) in [5.74, 6) is 0.772. The predicted molar refractivity (Wildman–Crippen MR) is 114 cm³/mol. The molecule has 1 aromatic heterocycles. The summed E-state index contributed by atoms with van der Waals surface area (Å²) in [5, 5.41) is 3.68. The van der Waals surface area contributed by atoms with E-state index in [0.717, 1.165) is 33.7 Å². The smallest absolute Gasteiger partial charge is 0.244 e. The quantitative estimate of drug-likeness (QED) is 0.508. The number of anilines is 1. The van der Waals surface area contributed by atoms with Crippen LogP contribution in [0.5, 0.6) is 0 Å². The number of hydrogen-bond acceptors (Lipinski definition) is 2. The van der Waals surface area contributed by atoms with Gasteiger partial charge in [0.15, 0.2) is 0 Å². The van der Waals surface area contributed by atoms with Crippen molar-refractivity contribution in [2.45, 2.75) is 19.9 Å². The summed E-state index contributed by atoms with van der Waals surface area (Å²) in [7, 11) is 0. The van der Waals surface area contributed by atoms with E-state index in [4.69, 9.17) is 16.6 Å². The van der Waals surface area contributed by atoms with E-state index in [9.17, 15) is 4.79 Å². The van der Waals surface area contributed by atoms with Crippen molar-refractivity contribution in [3.63, 3.8) is 0 Å². The van der Waals surface area contributed by atoms with Crippen molar-refractivity contribution in [2.75, 3.05) is 5.32 Å². The van der Waals surface area contributed by atoms with Gasteiger partial charge in [0.05, 0.1) is 11.0 Å². The number of amides is 1. The predicted octanol–water partition coefficient (Wildman–Crippen LogP) is 5.23. The Morgan fingerprint density at radius 3 is 2.61 bits per heavy atom. The molecule has 5 heteroatoms. The maximum Gasteiger partial charge on any atom is 0.244 e. The van der Waals surface area contributed by atoms with Crippen LogP contribution in [0.15, 0.2) is 72.8 Å². The summed E-state index contributed by atoms with van der Waals surface area (Å²) in [6, 6.07) is 23.4. The topological polar surface area (TPSA) is 46.9 Å². The van der Waals surface area contributed by atoms with Crippen LogP contribution in [0.25, 0.3) is 11.0 Å². The molecule has 0 radical (unpaired) electrons. The number of hydrogen-bond donors (Lipinski definition) is 1. The summed E-state index contributed by atoms with van der Waals surface area (Å²) in [6.07, 6.45) is 0.629. The Bertz CT molecular complexity index is 1130. The molecule has 0 fully saturated rings. The van der Waals surface area contributed by atoms with Gasteiger partial charge in [0.1, 0.15) is 12.4 Å². The summed E-state index contributed by atoms with van der Waals surface area (Å²) in [6.45, 7) is 2.21. The van der Waals surface area contributed by atoms with Gasteiger partial charge in [0, 0.05) is 17.1 Å². The van der Waals surface area contributed by atoms with Gasteiger partial charge in [-0.3, -0.25) is 4.79 Å². The van der Waals surface area contributed by atoms with E-state index in [2.05, 4.69) is 5.32 Å². The van der Waals surface area contributed by atoms with Crippen LogP contribution >= 0.6 is 11.6 Å². The van der Waals surface area contributed by atoms with Crippen molar-refractivity contribution in [3.8, 4) is 0 Å². The first-order valence-electron chi connectivity index (χ1n) is 9.13. The molecule has 0 saturated heterocycles. The van der Waals surface area contributed by atoms with E-state index in [1.54, 1.807) is 0 Å². The van der Waals surface area contributed by atoms with Crippen LogP contribution in [-0.2, 0) is 17.8 Å². The van der Waals surface area contributed by atoms with Gasteiger partial charge in [-0.2, -0.15) is 0 Å². The Kier molecular flexibility index (Phi) is 5.13. The molecule has 0 aliphatic carbocycles. The molecule has 1 heterocycles. The molecule has 4 nitrogen and oxygen atoms in total. The average Bonchev–Trinajstić information content (AvgIpc) is 3.01. The lowest BCUT2D eigenvalue weighted by molar-refractivity contribution is -0.116. The molecular weight excluding hydrogens is 370 g/mol. The zero-order valence-electron chi connectivity index (χ0n) is 15.5. The first-order chi connectivity index (χ1) is 13.6. The average molecular weight is 390 g/mol. The number of aromatic nitrogens is 2. The molecule has 28 heavy (non-hydrogen) atoms. The Morgan fingerprint density at radius 1 is 1.04 bits per heavy atom. The highest BCUT2D eigenvalue weighted by Crippen LogP contribution is 2.20. The standard InChI is InChI=1S/C23H20ClN3O/c1-16-5-4-6-19(13-16)25-23(28)15-27-21-8-3-2-7-20(21)26-22(27)14-17-9-11-18(24)12-10-17/h2-13H,14-15H2,1H3,(H,25,28). The summed E-state index contributed by atoms with van der Waals surface area (Å²) >= 11 is 5.99. The van der Waals surface area contributed by atoms with Gasteiger partial charge < -0.3 is 9.88 Å². The normalized spacial score (nSPS) is 10.9. The lowest BCUT2D eigenvalue weighted by atomic mass is 10.1. The van der Waals surface area contributed by atoms with Crippen molar-refractivity contribution >= 4 is 34.2 Å². The van der Waals surface area contributed by atoms with Crippen LogP contribution in [0.4, 0.5) is 5.69 Å². The Morgan fingerprint density at radius 2 is 1.82 bits per heavy atom. The molecule has 140 valence electrons. The van der Waals surface area contributed by atoms with Gasteiger partial charge in [0.25, 0.3) is 0 Å². The summed E-state index contributed by atoms with van der Waals surface area (Å²) in [4.78, 5) is 17.5. The molecule has 0 unspecified atom stereocenters. The van der Waals surface area contributed by atoms with Crippen molar-refractivity contribution in [3.05, 3.63) is 94.8 Å². The maximum absolute atomic E-state index is 12.7. The van der Waals surface area contributed by atoms with Gasteiger partial charge in [-0.1, -0.05) is 48.0 Å². The fourth-order valence-electron chi connectivity index (χ4n) is 3.29. The van der Waals surface area contributed by atoms with E-state index >= 15 is 0 Å². The molecule has 0 atom stereocenters.